The first-order valence-electron chi connectivity index (χ1n) is 14.8. The van der Waals surface area contributed by atoms with Gasteiger partial charge in [-0.25, -0.2) is 0 Å². The number of rotatable bonds is 3. The SMILES string of the molecule is CC.CC.CC.CC.CCn1c2ccccc2c2cc(-c3ccc4c5ccccc5n(CC)c4c3)ccc21. The maximum Gasteiger partial charge on any atom is 0.0497 e. The van der Waals surface area contributed by atoms with Crippen molar-refractivity contribution in [3.63, 3.8) is 0 Å². The highest BCUT2D eigenvalue weighted by atomic mass is 15.0. The molecule has 2 nitrogen and oxygen atoms in total. The molecule has 202 valence electrons. The molecule has 38 heavy (non-hydrogen) atoms. The molecule has 0 amide bonds. The van der Waals surface area contributed by atoms with Gasteiger partial charge in [0.15, 0.2) is 0 Å². The lowest BCUT2D eigenvalue weighted by atomic mass is 10.0. The molecule has 2 heterocycles. The summed E-state index contributed by atoms with van der Waals surface area (Å²) in [7, 11) is 0. The molecule has 4 aromatic carbocycles. The Morgan fingerprint density at radius 3 is 1.34 bits per heavy atom. The van der Waals surface area contributed by atoms with Gasteiger partial charge in [0.25, 0.3) is 0 Å². The Morgan fingerprint density at radius 1 is 0.395 bits per heavy atom. The summed E-state index contributed by atoms with van der Waals surface area (Å²) in [5.41, 5.74) is 7.80. The summed E-state index contributed by atoms with van der Waals surface area (Å²) in [6, 6.07) is 31.3. The molecule has 0 saturated carbocycles. The van der Waals surface area contributed by atoms with Gasteiger partial charge in [-0.15, -0.1) is 0 Å². The molecule has 6 rings (SSSR count). The molecule has 0 aliphatic carbocycles. The van der Waals surface area contributed by atoms with Crippen molar-refractivity contribution in [2.45, 2.75) is 82.3 Å². The maximum atomic E-state index is 2.43. The monoisotopic (exact) mass is 508 g/mol. The Labute approximate surface area is 230 Å². The van der Waals surface area contributed by atoms with Crippen molar-refractivity contribution in [2.75, 3.05) is 0 Å². The van der Waals surface area contributed by atoms with Gasteiger partial charge in [-0.3, -0.25) is 0 Å². The smallest absolute Gasteiger partial charge is 0.0497 e. The predicted molar refractivity (Wildman–Crippen MR) is 175 cm³/mol. The zero-order valence-electron chi connectivity index (χ0n) is 25.4. The topological polar surface area (TPSA) is 9.86 Å². The molecular formula is C36H48N2. The largest absolute Gasteiger partial charge is 0.341 e. The molecule has 2 aromatic heterocycles. The van der Waals surface area contributed by atoms with E-state index < -0.39 is 0 Å². The Balaban J connectivity index is 0.000000583. The van der Waals surface area contributed by atoms with Crippen LogP contribution in [0.2, 0.25) is 0 Å². The maximum absolute atomic E-state index is 2.43. The minimum absolute atomic E-state index is 0.969. The molecule has 0 radical (unpaired) electrons. The number of para-hydroxylation sites is 2. The number of fused-ring (bicyclic) bond motifs is 6. The van der Waals surface area contributed by atoms with Crippen LogP contribution in [-0.2, 0) is 13.1 Å². The molecule has 0 aliphatic heterocycles. The Morgan fingerprint density at radius 2 is 0.789 bits per heavy atom. The van der Waals surface area contributed by atoms with Crippen molar-refractivity contribution >= 4 is 43.6 Å². The third kappa shape index (κ3) is 5.50. The van der Waals surface area contributed by atoms with E-state index in [2.05, 4.69) is 108 Å². The van der Waals surface area contributed by atoms with Crippen molar-refractivity contribution < 1.29 is 0 Å². The van der Waals surface area contributed by atoms with Gasteiger partial charge in [-0.05, 0) is 55.3 Å². The number of hydrogen-bond donors (Lipinski definition) is 0. The Hall–Kier alpha value is -3.52. The summed E-state index contributed by atoms with van der Waals surface area (Å²) in [6.07, 6.45) is 0. The molecule has 0 spiro atoms. The highest BCUT2D eigenvalue weighted by Crippen LogP contribution is 2.35. The van der Waals surface area contributed by atoms with Gasteiger partial charge in [-0.2, -0.15) is 0 Å². The van der Waals surface area contributed by atoms with E-state index in [1.54, 1.807) is 0 Å². The Bertz CT molecular complexity index is 1560. The summed E-state index contributed by atoms with van der Waals surface area (Å²) < 4.78 is 4.84. The van der Waals surface area contributed by atoms with E-state index in [-0.39, 0.29) is 0 Å². The van der Waals surface area contributed by atoms with Crippen LogP contribution in [0, 0.1) is 0 Å². The highest BCUT2D eigenvalue weighted by Gasteiger charge is 2.13. The average molecular weight is 509 g/mol. The van der Waals surface area contributed by atoms with Crippen LogP contribution in [0.15, 0.2) is 84.9 Å². The van der Waals surface area contributed by atoms with Crippen LogP contribution in [0.5, 0.6) is 0 Å². The lowest BCUT2D eigenvalue weighted by Gasteiger charge is -2.07. The van der Waals surface area contributed by atoms with Crippen LogP contribution in [-0.4, -0.2) is 9.13 Å². The van der Waals surface area contributed by atoms with Crippen LogP contribution in [0.25, 0.3) is 54.7 Å². The summed E-state index contributed by atoms with van der Waals surface area (Å²) in [6.45, 7) is 22.4. The normalized spacial score (nSPS) is 10.1. The number of nitrogens with zero attached hydrogens (tertiary/aromatic N) is 2. The Kier molecular flexibility index (Phi) is 12.1. The van der Waals surface area contributed by atoms with Crippen LogP contribution in [0.3, 0.4) is 0 Å². The fourth-order valence-electron chi connectivity index (χ4n) is 5.14. The minimum atomic E-state index is 0.969. The summed E-state index contributed by atoms with van der Waals surface area (Å²) >= 11 is 0. The zero-order chi connectivity index (χ0) is 28.2. The lowest BCUT2D eigenvalue weighted by molar-refractivity contribution is 0.827. The van der Waals surface area contributed by atoms with E-state index in [0.717, 1.165) is 13.1 Å². The molecule has 0 aliphatic rings. The fourth-order valence-corrected chi connectivity index (χ4v) is 5.14. The van der Waals surface area contributed by atoms with Crippen LogP contribution in [0.1, 0.15) is 69.2 Å². The summed E-state index contributed by atoms with van der Waals surface area (Å²) in [5.74, 6) is 0. The zero-order valence-corrected chi connectivity index (χ0v) is 25.4. The van der Waals surface area contributed by atoms with E-state index in [0.29, 0.717) is 0 Å². The van der Waals surface area contributed by atoms with Gasteiger partial charge in [0.05, 0.1) is 0 Å². The number of aryl methyl sites for hydroxylation is 2. The first kappa shape index (κ1) is 30.7. The molecular weight excluding hydrogens is 460 g/mol. The van der Waals surface area contributed by atoms with Crippen molar-refractivity contribution in [2.24, 2.45) is 0 Å². The molecule has 0 fully saturated rings. The molecule has 0 atom stereocenters. The van der Waals surface area contributed by atoms with Gasteiger partial charge in [0, 0.05) is 56.7 Å². The van der Waals surface area contributed by atoms with Crippen molar-refractivity contribution in [1.29, 1.82) is 0 Å². The fraction of sp³-hybridized carbons (Fsp3) is 0.333. The van der Waals surface area contributed by atoms with E-state index in [4.69, 9.17) is 0 Å². The molecule has 0 N–H and O–H groups in total. The van der Waals surface area contributed by atoms with Gasteiger partial charge in [-0.1, -0.05) is 110 Å². The molecule has 6 aromatic rings. The second-order valence-electron chi connectivity index (χ2n) is 7.99. The van der Waals surface area contributed by atoms with Gasteiger partial charge in [0.1, 0.15) is 0 Å². The summed E-state index contributed by atoms with van der Waals surface area (Å²) in [5, 5.41) is 5.34. The first-order valence-corrected chi connectivity index (χ1v) is 14.8. The number of hydrogen-bond acceptors (Lipinski definition) is 0. The number of aromatic nitrogens is 2. The molecule has 2 heteroatoms. The third-order valence-corrected chi connectivity index (χ3v) is 6.51. The standard InChI is InChI=1S/C28H24N2.4C2H6/c1-3-29-26-12-8-6-10-22(26)24-17-19(14-16-27(24)29)20-13-15-23-21-9-5-7-11-25(21)30(4-2)28(23)18-20;4*1-2/h5-18H,3-4H2,1-2H3;4*1-2H3. The molecule has 0 unspecified atom stereocenters. The predicted octanol–water partition coefficient (Wildman–Crippen LogP) is 11.7. The molecule has 0 bridgehead atoms. The first-order chi connectivity index (χ1) is 18.8. The van der Waals surface area contributed by atoms with Crippen LogP contribution in [0.4, 0.5) is 0 Å². The second-order valence-corrected chi connectivity index (χ2v) is 7.99. The molecule has 0 saturated heterocycles. The van der Waals surface area contributed by atoms with E-state index in [1.807, 2.05) is 55.4 Å². The quantitative estimate of drug-likeness (QED) is 0.225. The lowest BCUT2D eigenvalue weighted by Crippen LogP contribution is -1.93. The van der Waals surface area contributed by atoms with Crippen LogP contribution >= 0.6 is 0 Å². The highest BCUT2D eigenvalue weighted by molar-refractivity contribution is 6.11. The average Bonchev–Trinajstić information content (AvgIpc) is 3.52. The number of benzene rings is 4. The van der Waals surface area contributed by atoms with Crippen molar-refractivity contribution in [3.8, 4) is 11.1 Å². The van der Waals surface area contributed by atoms with E-state index in [9.17, 15) is 0 Å². The van der Waals surface area contributed by atoms with Crippen molar-refractivity contribution in [1.82, 2.24) is 9.13 Å². The van der Waals surface area contributed by atoms with Gasteiger partial charge < -0.3 is 9.13 Å². The van der Waals surface area contributed by atoms with E-state index in [1.165, 1.54) is 54.7 Å². The van der Waals surface area contributed by atoms with Gasteiger partial charge >= 0.3 is 0 Å². The van der Waals surface area contributed by atoms with Gasteiger partial charge in [0.2, 0.25) is 0 Å². The van der Waals surface area contributed by atoms with Crippen LogP contribution < -0.4 is 0 Å². The summed E-state index contributed by atoms with van der Waals surface area (Å²) in [4.78, 5) is 0. The van der Waals surface area contributed by atoms with E-state index >= 15 is 0 Å². The minimum Gasteiger partial charge on any atom is -0.341 e. The van der Waals surface area contributed by atoms with Crippen molar-refractivity contribution in [3.05, 3.63) is 84.9 Å². The third-order valence-electron chi connectivity index (χ3n) is 6.51. The second kappa shape index (κ2) is 15.0.